The van der Waals surface area contributed by atoms with Crippen LogP contribution in [0.1, 0.15) is 57.2 Å². The van der Waals surface area contributed by atoms with Crippen molar-refractivity contribution in [2.45, 2.75) is 52.9 Å². The van der Waals surface area contributed by atoms with Crippen LogP contribution in [-0.2, 0) is 6.42 Å². The van der Waals surface area contributed by atoms with Gasteiger partial charge in [0.05, 0.1) is 10.7 Å². The van der Waals surface area contributed by atoms with Crippen molar-refractivity contribution in [1.82, 2.24) is 15.2 Å². The lowest BCUT2D eigenvalue weighted by Gasteiger charge is -2.21. The van der Waals surface area contributed by atoms with Crippen molar-refractivity contribution in [1.29, 1.82) is 0 Å². The summed E-state index contributed by atoms with van der Waals surface area (Å²) in [7, 11) is 2.11. The molecule has 5 heteroatoms. The number of aliphatic imine (C=N–C) groups is 1. The molecule has 0 aromatic carbocycles. The number of hydrogen-bond acceptors (Lipinski definition) is 3. The lowest BCUT2D eigenvalue weighted by Crippen LogP contribution is -2.39. The molecule has 1 heterocycles. The van der Waals surface area contributed by atoms with Crippen molar-refractivity contribution in [3.05, 3.63) is 16.1 Å². The van der Waals surface area contributed by atoms with E-state index < -0.39 is 0 Å². The molecule has 4 nitrogen and oxygen atoms in total. The highest BCUT2D eigenvalue weighted by molar-refractivity contribution is 7.09. The monoisotopic (exact) mass is 310 g/mol. The van der Waals surface area contributed by atoms with E-state index in [2.05, 4.69) is 55.3 Å². The maximum absolute atomic E-state index is 4.71. The van der Waals surface area contributed by atoms with Crippen LogP contribution in [0, 0.1) is 0 Å². The van der Waals surface area contributed by atoms with Crippen LogP contribution in [-0.4, -0.2) is 42.5 Å². The van der Waals surface area contributed by atoms with Crippen molar-refractivity contribution in [2.75, 3.05) is 26.7 Å². The summed E-state index contributed by atoms with van der Waals surface area (Å²) in [5.41, 5.74) is 1.17. The molecule has 0 atom stereocenters. The number of nitrogens with one attached hydrogen (secondary N) is 1. The molecule has 0 saturated heterocycles. The third-order valence-electron chi connectivity index (χ3n) is 3.24. The molecule has 1 N–H and O–H groups in total. The molecule has 0 amide bonds. The molecule has 0 fully saturated rings. The molecule has 120 valence electrons. The minimum Gasteiger partial charge on any atom is -0.357 e. The Morgan fingerprint density at radius 1 is 1.43 bits per heavy atom. The lowest BCUT2D eigenvalue weighted by molar-refractivity contribution is 0.465. The maximum Gasteiger partial charge on any atom is 0.193 e. The molecule has 0 unspecified atom stereocenters. The van der Waals surface area contributed by atoms with Crippen molar-refractivity contribution < 1.29 is 0 Å². The Bertz CT molecular complexity index is 426. The average molecular weight is 311 g/mol. The van der Waals surface area contributed by atoms with Crippen LogP contribution in [0.25, 0.3) is 0 Å². The van der Waals surface area contributed by atoms with Gasteiger partial charge in [-0.3, -0.25) is 4.99 Å². The van der Waals surface area contributed by atoms with Gasteiger partial charge in [-0.1, -0.05) is 27.2 Å². The second kappa shape index (κ2) is 9.77. The molecule has 1 aromatic heterocycles. The van der Waals surface area contributed by atoms with Crippen LogP contribution < -0.4 is 5.32 Å². The minimum atomic E-state index is 0.518. The number of guanidine groups is 1. The zero-order valence-corrected chi connectivity index (χ0v) is 15.0. The summed E-state index contributed by atoms with van der Waals surface area (Å²) in [6, 6.07) is 0. The van der Waals surface area contributed by atoms with Crippen LogP contribution in [0.4, 0.5) is 0 Å². The Labute approximate surface area is 133 Å². The number of aromatic nitrogens is 1. The number of nitrogens with zero attached hydrogens (tertiary/aromatic N) is 3. The topological polar surface area (TPSA) is 40.5 Å². The average Bonchev–Trinajstić information content (AvgIpc) is 2.93. The summed E-state index contributed by atoms with van der Waals surface area (Å²) in [5.74, 6) is 1.52. The van der Waals surface area contributed by atoms with Crippen molar-refractivity contribution in [3.63, 3.8) is 0 Å². The van der Waals surface area contributed by atoms with E-state index in [1.165, 1.54) is 23.5 Å². The van der Waals surface area contributed by atoms with Crippen LogP contribution in [0.2, 0.25) is 0 Å². The summed E-state index contributed by atoms with van der Waals surface area (Å²) >= 11 is 1.76. The van der Waals surface area contributed by atoms with E-state index in [1.807, 2.05) is 0 Å². The molecule has 0 aliphatic rings. The largest absolute Gasteiger partial charge is 0.357 e. The Morgan fingerprint density at radius 2 is 2.19 bits per heavy atom. The number of hydrogen-bond donors (Lipinski definition) is 1. The van der Waals surface area contributed by atoms with Gasteiger partial charge >= 0.3 is 0 Å². The molecular weight excluding hydrogens is 280 g/mol. The van der Waals surface area contributed by atoms with E-state index in [1.54, 1.807) is 11.3 Å². The van der Waals surface area contributed by atoms with E-state index in [4.69, 9.17) is 4.99 Å². The van der Waals surface area contributed by atoms with Gasteiger partial charge in [0.2, 0.25) is 0 Å². The highest BCUT2D eigenvalue weighted by Gasteiger charge is 2.07. The van der Waals surface area contributed by atoms with Crippen LogP contribution >= 0.6 is 11.3 Å². The van der Waals surface area contributed by atoms with Gasteiger partial charge in [-0.15, -0.1) is 11.3 Å². The lowest BCUT2D eigenvalue weighted by atomic mass is 10.2. The van der Waals surface area contributed by atoms with Gasteiger partial charge in [-0.05, 0) is 13.3 Å². The standard InChI is InChI=1S/C16H30N4S/c1-6-8-11-20(5)16(17-7-2)18-10-9-14-12-21-15(19-14)13(3)4/h12-13H,6-11H2,1-5H3,(H,17,18). The van der Waals surface area contributed by atoms with Crippen molar-refractivity contribution >= 4 is 17.3 Å². The molecule has 0 radical (unpaired) electrons. The van der Waals surface area contributed by atoms with Crippen LogP contribution in [0.3, 0.4) is 0 Å². The summed E-state index contributed by atoms with van der Waals surface area (Å²) in [5, 5.41) is 6.75. The molecule has 1 rings (SSSR count). The summed E-state index contributed by atoms with van der Waals surface area (Å²) in [6.07, 6.45) is 3.32. The zero-order chi connectivity index (χ0) is 15.7. The third kappa shape index (κ3) is 6.46. The second-order valence-corrected chi connectivity index (χ2v) is 6.48. The predicted molar refractivity (Wildman–Crippen MR) is 93.4 cm³/mol. The van der Waals surface area contributed by atoms with Gasteiger partial charge in [-0.25, -0.2) is 4.98 Å². The first-order chi connectivity index (χ1) is 10.1. The highest BCUT2D eigenvalue weighted by Crippen LogP contribution is 2.19. The second-order valence-electron chi connectivity index (χ2n) is 5.59. The fourth-order valence-electron chi connectivity index (χ4n) is 1.95. The summed E-state index contributed by atoms with van der Waals surface area (Å²) in [6.45, 7) is 11.4. The fraction of sp³-hybridized carbons (Fsp3) is 0.750. The van der Waals surface area contributed by atoms with Gasteiger partial charge < -0.3 is 10.2 Å². The van der Waals surface area contributed by atoms with E-state index in [0.717, 1.165) is 32.0 Å². The quantitative estimate of drug-likeness (QED) is 0.590. The van der Waals surface area contributed by atoms with Gasteiger partial charge in [-0.2, -0.15) is 0 Å². The molecule has 21 heavy (non-hydrogen) atoms. The van der Waals surface area contributed by atoms with Gasteiger partial charge in [0.25, 0.3) is 0 Å². The minimum absolute atomic E-state index is 0.518. The van der Waals surface area contributed by atoms with Gasteiger partial charge in [0.15, 0.2) is 5.96 Å². The summed E-state index contributed by atoms with van der Waals surface area (Å²) in [4.78, 5) is 11.6. The fourth-order valence-corrected chi connectivity index (χ4v) is 2.82. The van der Waals surface area contributed by atoms with Gasteiger partial charge in [0, 0.05) is 44.4 Å². The first kappa shape index (κ1) is 18.0. The molecule has 0 aliphatic carbocycles. The third-order valence-corrected chi connectivity index (χ3v) is 4.43. The summed E-state index contributed by atoms with van der Waals surface area (Å²) < 4.78 is 0. The Balaban J connectivity index is 2.52. The zero-order valence-electron chi connectivity index (χ0n) is 14.1. The highest BCUT2D eigenvalue weighted by atomic mass is 32.1. The predicted octanol–water partition coefficient (Wildman–Crippen LogP) is 3.51. The van der Waals surface area contributed by atoms with Crippen molar-refractivity contribution in [2.24, 2.45) is 4.99 Å². The number of thiazole rings is 1. The van der Waals surface area contributed by atoms with E-state index in [-0.39, 0.29) is 0 Å². The molecular formula is C16H30N4S. The normalized spacial score (nSPS) is 12.0. The molecule has 1 aromatic rings. The molecule has 0 aliphatic heterocycles. The Hall–Kier alpha value is -1.10. The first-order valence-electron chi connectivity index (χ1n) is 8.02. The molecule has 0 saturated carbocycles. The smallest absolute Gasteiger partial charge is 0.193 e. The Kier molecular flexibility index (Phi) is 8.35. The Morgan fingerprint density at radius 3 is 2.76 bits per heavy atom. The van der Waals surface area contributed by atoms with E-state index in [9.17, 15) is 0 Å². The number of rotatable bonds is 8. The first-order valence-corrected chi connectivity index (χ1v) is 8.90. The maximum atomic E-state index is 4.71. The molecule has 0 spiro atoms. The van der Waals surface area contributed by atoms with E-state index >= 15 is 0 Å². The van der Waals surface area contributed by atoms with Crippen LogP contribution in [0.15, 0.2) is 10.4 Å². The van der Waals surface area contributed by atoms with E-state index in [0.29, 0.717) is 5.92 Å². The SMILES string of the molecule is CCCCN(C)C(=NCCc1csc(C(C)C)n1)NCC. The molecule has 0 bridgehead atoms. The van der Waals surface area contributed by atoms with Gasteiger partial charge in [0.1, 0.15) is 0 Å². The van der Waals surface area contributed by atoms with Crippen LogP contribution in [0.5, 0.6) is 0 Å². The number of unbranched alkanes of at least 4 members (excludes halogenated alkanes) is 1. The van der Waals surface area contributed by atoms with Crippen molar-refractivity contribution in [3.8, 4) is 0 Å².